The lowest BCUT2D eigenvalue weighted by Crippen LogP contribution is -2.39. The summed E-state index contributed by atoms with van der Waals surface area (Å²) in [7, 11) is 1.77. The average Bonchev–Trinajstić information content (AvgIpc) is 2.76. The second-order valence-corrected chi connectivity index (χ2v) is 7.25. The van der Waals surface area contributed by atoms with Crippen molar-refractivity contribution in [2.24, 2.45) is 4.99 Å². The molecule has 0 aromatic heterocycles. The van der Waals surface area contributed by atoms with Gasteiger partial charge in [0.1, 0.15) is 12.4 Å². The highest BCUT2D eigenvalue weighted by molar-refractivity contribution is 14.0. The Morgan fingerprint density at radius 1 is 1.07 bits per heavy atom. The quantitative estimate of drug-likeness (QED) is 0.231. The van der Waals surface area contributed by atoms with E-state index in [1.165, 1.54) is 11.1 Å². The number of hydrogen-bond acceptors (Lipinski definition) is 4. The van der Waals surface area contributed by atoms with Crippen LogP contribution >= 0.6 is 35.6 Å². The van der Waals surface area contributed by atoms with Gasteiger partial charge in [-0.15, -0.1) is 24.0 Å². The summed E-state index contributed by atoms with van der Waals surface area (Å²) in [5, 5.41) is 7.38. The molecule has 1 fully saturated rings. The maximum atomic E-state index is 5.88. The summed E-state index contributed by atoms with van der Waals surface area (Å²) in [6.07, 6.45) is 0. The van der Waals surface area contributed by atoms with Crippen molar-refractivity contribution >= 4 is 41.5 Å². The minimum absolute atomic E-state index is 0. The molecule has 0 saturated carbocycles. The molecule has 1 heterocycles. The fourth-order valence-corrected chi connectivity index (χ4v) is 3.28. The van der Waals surface area contributed by atoms with Crippen molar-refractivity contribution in [3.05, 3.63) is 64.7 Å². The van der Waals surface area contributed by atoms with Gasteiger partial charge < -0.3 is 20.1 Å². The smallest absolute Gasteiger partial charge is 0.191 e. The molecule has 2 aromatic carbocycles. The van der Waals surface area contributed by atoms with Gasteiger partial charge in [0.15, 0.2) is 5.96 Å². The van der Waals surface area contributed by atoms with Crippen LogP contribution in [0.15, 0.2) is 53.5 Å². The molecule has 2 aromatic rings. The van der Waals surface area contributed by atoms with E-state index in [-0.39, 0.29) is 24.0 Å². The summed E-state index contributed by atoms with van der Waals surface area (Å²) in [6.45, 7) is 6.45. The second kappa shape index (κ2) is 13.7. The van der Waals surface area contributed by atoms with Crippen molar-refractivity contribution in [3.63, 3.8) is 0 Å². The fourth-order valence-electron chi connectivity index (χ4n) is 3.15. The Labute approximate surface area is 201 Å². The Morgan fingerprint density at radius 2 is 1.77 bits per heavy atom. The molecule has 1 saturated heterocycles. The molecule has 8 heteroatoms. The van der Waals surface area contributed by atoms with E-state index in [1.807, 2.05) is 24.3 Å². The van der Waals surface area contributed by atoms with Crippen LogP contribution < -0.4 is 15.4 Å². The lowest BCUT2D eigenvalue weighted by Gasteiger charge is -2.27. The van der Waals surface area contributed by atoms with Crippen LogP contribution in [0.3, 0.4) is 0 Å². The largest absolute Gasteiger partial charge is 0.492 e. The monoisotopic (exact) mass is 544 g/mol. The van der Waals surface area contributed by atoms with E-state index >= 15 is 0 Å². The molecule has 1 aliphatic rings. The van der Waals surface area contributed by atoms with Gasteiger partial charge in [0.2, 0.25) is 0 Å². The first-order chi connectivity index (χ1) is 14.2. The highest BCUT2D eigenvalue weighted by Crippen LogP contribution is 2.15. The number of nitrogens with zero attached hydrogens (tertiary/aromatic N) is 2. The number of halogens is 2. The molecule has 0 bridgehead atoms. The third kappa shape index (κ3) is 8.29. The molecule has 1 aliphatic heterocycles. The van der Waals surface area contributed by atoms with Gasteiger partial charge in [-0.05, 0) is 35.4 Å². The van der Waals surface area contributed by atoms with E-state index in [0.29, 0.717) is 18.2 Å². The van der Waals surface area contributed by atoms with Gasteiger partial charge in [0, 0.05) is 38.2 Å². The highest BCUT2D eigenvalue weighted by Gasteiger charge is 2.12. The average molecular weight is 545 g/mol. The summed E-state index contributed by atoms with van der Waals surface area (Å²) in [6, 6.07) is 15.9. The van der Waals surface area contributed by atoms with Crippen LogP contribution in [0.4, 0.5) is 0 Å². The zero-order valence-electron chi connectivity index (χ0n) is 17.3. The van der Waals surface area contributed by atoms with Gasteiger partial charge in [-0.2, -0.15) is 0 Å². The zero-order valence-corrected chi connectivity index (χ0v) is 20.4. The Bertz CT molecular complexity index is 783. The molecular formula is C22H30ClIN4O2. The molecule has 6 nitrogen and oxygen atoms in total. The standard InChI is InChI=1S/C22H29ClN4O2.HI/c1-24-22(25-10-13-29-21-8-6-20(23)7-9-21)26-16-18-4-2-3-5-19(18)17-27-11-14-28-15-12-27;/h2-9H,10-17H2,1H3,(H2,24,25,26);1H. The molecule has 0 aliphatic carbocycles. The minimum atomic E-state index is 0. The molecule has 3 rings (SSSR count). The van der Waals surface area contributed by atoms with Crippen LogP contribution in [-0.4, -0.2) is 57.4 Å². The van der Waals surface area contributed by atoms with E-state index in [9.17, 15) is 0 Å². The molecule has 0 amide bonds. The van der Waals surface area contributed by atoms with Gasteiger partial charge in [-0.25, -0.2) is 0 Å². The Hall–Kier alpha value is -1.55. The summed E-state index contributed by atoms with van der Waals surface area (Å²) in [5.74, 6) is 1.56. The third-order valence-electron chi connectivity index (χ3n) is 4.76. The first kappa shape index (κ1) is 24.7. The lowest BCUT2D eigenvalue weighted by atomic mass is 10.1. The predicted octanol–water partition coefficient (Wildman–Crippen LogP) is 3.53. The SMILES string of the molecule is CN=C(NCCOc1ccc(Cl)cc1)NCc1ccccc1CN1CCOCC1.I. The fraction of sp³-hybridized carbons (Fsp3) is 0.409. The normalized spacial score (nSPS) is 14.7. The first-order valence-corrected chi connectivity index (χ1v) is 10.3. The second-order valence-electron chi connectivity index (χ2n) is 6.81. The van der Waals surface area contributed by atoms with E-state index in [0.717, 1.165) is 51.1 Å². The number of benzene rings is 2. The van der Waals surface area contributed by atoms with Gasteiger partial charge in [-0.1, -0.05) is 35.9 Å². The third-order valence-corrected chi connectivity index (χ3v) is 5.01. The zero-order chi connectivity index (χ0) is 20.3. The minimum Gasteiger partial charge on any atom is -0.492 e. The van der Waals surface area contributed by atoms with E-state index in [2.05, 4.69) is 44.8 Å². The highest BCUT2D eigenvalue weighted by atomic mass is 127. The number of hydrogen-bond donors (Lipinski definition) is 2. The van der Waals surface area contributed by atoms with Crippen molar-refractivity contribution in [3.8, 4) is 5.75 Å². The maximum Gasteiger partial charge on any atom is 0.191 e. The van der Waals surface area contributed by atoms with Gasteiger partial charge >= 0.3 is 0 Å². The lowest BCUT2D eigenvalue weighted by molar-refractivity contribution is 0.0341. The van der Waals surface area contributed by atoms with Crippen molar-refractivity contribution in [2.75, 3.05) is 46.5 Å². The molecule has 0 atom stereocenters. The number of morpholine rings is 1. The van der Waals surface area contributed by atoms with Crippen LogP contribution in [0.2, 0.25) is 5.02 Å². The van der Waals surface area contributed by atoms with Crippen LogP contribution in [-0.2, 0) is 17.8 Å². The van der Waals surface area contributed by atoms with Crippen LogP contribution in [0, 0.1) is 0 Å². The molecule has 2 N–H and O–H groups in total. The Balaban J connectivity index is 0.00000320. The summed E-state index contributed by atoms with van der Waals surface area (Å²) >= 11 is 5.88. The van der Waals surface area contributed by atoms with Gasteiger partial charge in [-0.3, -0.25) is 9.89 Å². The number of guanidine groups is 1. The molecule has 0 unspecified atom stereocenters. The van der Waals surface area contributed by atoms with E-state index < -0.39 is 0 Å². The summed E-state index contributed by atoms with van der Waals surface area (Å²) in [4.78, 5) is 6.73. The summed E-state index contributed by atoms with van der Waals surface area (Å²) < 4.78 is 11.1. The van der Waals surface area contributed by atoms with E-state index in [1.54, 1.807) is 7.05 Å². The molecule has 0 radical (unpaired) electrons. The number of aliphatic imine (C=N–C) groups is 1. The number of nitrogens with one attached hydrogen (secondary N) is 2. The molecule has 0 spiro atoms. The van der Waals surface area contributed by atoms with E-state index in [4.69, 9.17) is 21.1 Å². The van der Waals surface area contributed by atoms with Gasteiger partial charge in [0.05, 0.1) is 19.8 Å². The maximum absolute atomic E-state index is 5.88. The first-order valence-electron chi connectivity index (χ1n) is 9.94. The van der Waals surface area contributed by atoms with Gasteiger partial charge in [0.25, 0.3) is 0 Å². The molecule has 164 valence electrons. The topological polar surface area (TPSA) is 58.1 Å². The van der Waals surface area contributed by atoms with Crippen molar-refractivity contribution in [1.29, 1.82) is 0 Å². The predicted molar refractivity (Wildman–Crippen MR) is 133 cm³/mol. The van der Waals surface area contributed by atoms with Crippen molar-refractivity contribution in [1.82, 2.24) is 15.5 Å². The van der Waals surface area contributed by atoms with Crippen molar-refractivity contribution in [2.45, 2.75) is 13.1 Å². The summed E-state index contributed by atoms with van der Waals surface area (Å²) in [5.41, 5.74) is 2.61. The van der Waals surface area contributed by atoms with Crippen LogP contribution in [0.25, 0.3) is 0 Å². The molecule has 30 heavy (non-hydrogen) atoms. The number of ether oxygens (including phenoxy) is 2. The van der Waals surface area contributed by atoms with Crippen LogP contribution in [0.1, 0.15) is 11.1 Å². The Morgan fingerprint density at radius 3 is 2.47 bits per heavy atom. The van der Waals surface area contributed by atoms with Crippen molar-refractivity contribution < 1.29 is 9.47 Å². The van der Waals surface area contributed by atoms with Crippen LogP contribution in [0.5, 0.6) is 5.75 Å². The number of rotatable bonds is 8. The molecular weight excluding hydrogens is 515 g/mol. The Kier molecular flexibility index (Phi) is 11.3.